The zero-order chi connectivity index (χ0) is 13.0. The van der Waals surface area contributed by atoms with Crippen LogP contribution in [0.5, 0.6) is 0 Å². The summed E-state index contributed by atoms with van der Waals surface area (Å²) in [4.78, 5) is 13.7. The molecule has 98 valence electrons. The number of nitrogens with one attached hydrogen (secondary N) is 1. The van der Waals surface area contributed by atoms with Crippen LogP contribution in [0.1, 0.15) is 12.0 Å². The average molecular weight is 249 g/mol. The minimum Gasteiger partial charge on any atom is -0.396 e. The van der Waals surface area contributed by atoms with E-state index in [1.807, 2.05) is 24.3 Å². The van der Waals surface area contributed by atoms with Gasteiger partial charge >= 0.3 is 6.03 Å². The maximum atomic E-state index is 12.0. The van der Waals surface area contributed by atoms with Crippen molar-refractivity contribution in [1.29, 1.82) is 0 Å². The zero-order valence-corrected chi connectivity index (χ0v) is 10.3. The Morgan fingerprint density at radius 1 is 1.56 bits per heavy atom. The molecule has 1 unspecified atom stereocenters. The molecule has 1 heterocycles. The largest absolute Gasteiger partial charge is 0.396 e. The number of carbonyl (C=O) groups excluding carboxylic acids is 1. The van der Waals surface area contributed by atoms with Gasteiger partial charge in [0, 0.05) is 37.8 Å². The van der Waals surface area contributed by atoms with E-state index in [2.05, 4.69) is 5.32 Å². The molecule has 1 fully saturated rings. The number of carbonyl (C=O) groups is 1. The summed E-state index contributed by atoms with van der Waals surface area (Å²) < 4.78 is 0. The number of urea groups is 1. The van der Waals surface area contributed by atoms with Crippen molar-refractivity contribution in [3.8, 4) is 0 Å². The van der Waals surface area contributed by atoms with Gasteiger partial charge < -0.3 is 21.1 Å². The topological polar surface area (TPSA) is 78.6 Å². The van der Waals surface area contributed by atoms with Crippen LogP contribution in [0.25, 0.3) is 0 Å². The van der Waals surface area contributed by atoms with E-state index in [0.29, 0.717) is 19.6 Å². The Hall–Kier alpha value is -1.59. The fourth-order valence-electron chi connectivity index (χ4n) is 2.14. The molecule has 1 saturated heterocycles. The van der Waals surface area contributed by atoms with Crippen molar-refractivity contribution in [3.05, 3.63) is 29.8 Å². The first-order valence-electron chi connectivity index (χ1n) is 6.18. The number of aliphatic hydroxyl groups excluding tert-OH is 1. The van der Waals surface area contributed by atoms with Crippen molar-refractivity contribution in [1.82, 2.24) is 4.90 Å². The van der Waals surface area contributed by atoms with E-state index < -0.39 is 0 Å². The van der Waals surface area contributed by atoms with Crippen LogP contribution in [0.2, 0.25) is 0 Å². The predicted molar refractivity (Wildman–Crippen MR) is 70.1 cm³/mol. The van der Waals surface area contributed by atoms with E-state index in [0.717, 1.165) is 17.7 Å². The van der Waals surface area contributed by atoms with Gasteiger partial charge in [0.1, 0.15) is 0 Å². The number of nitrogens with two attached hydrogens (primary N) is 1. The highest BCUT2D eigenvalue weighted by Gasteiger charge is 2.25. The fraction of sp³-hybridized carbons (Fsp3) is 0.462. The van der Waals surface area contributed by atoms with Gasteiger partial charge in [0.15, 0.2) is 0 Å². The van der Waals surface area contributed by atoms with Gasteiger partial charge in [-0.05, 0) is 24.1 Å². The molecule has 0 aromatic heterocycles. The van der Waals surface area contributed by atoms with Crippen molar-refractivity contribution < 1.29 is 9.90 Å². The lowest BCUT2D eigenvalue weighted by Crippen LogP contribution is -2.33. The number of amides is 2. The van der Waals surface area contributed by atoms with Gasteiger partial charge in [-0.3, -0.25) is 0 Å². The molecule has 5 nitrogen and oxygen atoms in total. The van der Waals surface area contributed by atoms with E-state index in [4.69, 9.17) is 10.8 Å². The standard InChI is InChI=1S/C13H19N3O2/c14-7-10-2-1-3-12(6-10)15-13(18)16-5-4-11(8-16)9-17/h1-3,6,11,17H,4-5,7-9,14H2,(H,15,18). The second-order valence-electron chi connectivity index (χ2n) is 4.62. The van der Waals surface area contributed by atoms with Crippen LogP contribution in [0.4, 0.5) is 10.5 Å². The molecule has 2 rings (SSSR count). The molecule has 2 amide bonds. The van der Waals surface area contributed by atoms with E-state index in [1.165, 1.54) is 0 Å². The Morgan fingerprint density at radius 3 is 3.06 bits per heavy atom. The Kier molecular flexibility index (Phi) is 4.17. The molecule has 1 aromatic rings. The first kappa shape index (κ1) is 12.9. The third-order valence-electron chi connectivity index (χ3n) is 3.25. The van der Waals surface area contributed by atoms with Gasteiger partial charge in [0.2, 0.25) is 0 Å². The van der Waals surface area contributed by atoms with Crippen molar-refractivity contribution >= 4 is 11.7 Å². The molecule has 0 saturated carbocycles. The highest BCUT2D eigenvalue weighted by molar-refractivity contribution is 5.89. The lowest BCUT2D eigenvalue weighted by molar-refractivity contribution is 0.209. The first-order valence-corrected chi connectivity index (χ1v) is 6.18. The van der Waals surface area contributed by atoms with Crippen LogP contribution >= 0.6 is 0 Å². The average Bonchev–Trinajstić information content (AvgIpc) is 2.88. The monoisotopic (exact) mass is 249 g/mol. The van der Waals surface area contributed by atoms with Crippen LogP contribution < -0.4 is 11.1 Å². The first-order chi connectivity index (χ1) is 8.72. The summed E-state index contributed by atoms with van der Waals surface area (Å²) in [6.45, 7) is 1.93. The Balaban J connectivity index is 1.94. The normalized spacial score (nSPS) is 19.0. The van der Waals surface area contributed by atoms with Crippen LogP contribution in [-0.4, -0.2) is 35.7 Å². The molecule has 1 aliphatic heterocycles. The number of likely N-dealkylation sites (tertiary alicyclic amines) is 1. The van der Waals surface area contributed by atoms with E-state index in [9.17, 15) is 4.79 Å². The molecule has 0 radical (unpaired) electrons. The second kappa shape index (κ2) is 5.84. The van der Waals surface area contributed by atoms with E-state index in [-0.39, 0.29) is 18.6 Å². The molecule has 1 aromatic carbocycles. The van der Waals surface area contributed by atoms with Crippen molar-refractivity contribution in [2.75, 3.05) is 25.0 Å². The number of rotatable bonds is 3. The van der Waals surface area contributed by atoms with E-state index >= 15 is 0 Å². The molecular formula is C13H19N3O2. The molecule has 18 heavy (non-hydrogen) atoms. The minimum atomic E-state index is -0.111. The number of nitrogens with zero attached hydrogens (tertiary/aromatic N) is 1. The number of aliphatic hydroxyl groups is 1. The van der Waals surface area contributed by atoms with Crippen molar-refractivity contribution in [2.24, 2.45) is 11.7 Å². The third kappa shape index (κ3) is 3.00. The van der Waals surface area contributed by atoms with Gasteiger partial charge in [0.05, 0.1) is 0 Å². The van der Waals surface area contributed by atoms with Crippen LogP contribution in [0.3, 0.4) is 0 Å². The summed E-state index contributed by atoms with van der Waals surface area (Å²) in [5.41, 5.74) is 7.30. The van der Waals surface area contributed by atoms with Gasteiger partial charge in [-0.2, -0.15) is 0 Å². The highest BCUT2D eigenvalue weighted by Crippen LogP contribution is 2.17. The van der Waals surface area contributed by atoms with Crippen LogP contribution in [0, 0.1) is 5.92 Å². The number of hydrogen-bond acceptors (Lipinski definition) is 3. The van der Waals surface area contributed by atoms with Gasteiger partial charge in [-0.15, -0.1) is 0 Å². The summed E-state index contributed by atoms with van der Waals surface area (Å²) in [6.07, 6.45) is 0.868. The number of hydrogen-bond donors (Lipinski definition) is 3. The second-order valence-corrected chi connectivity index (χ2v) is 4.62. The lowest BCUT2D eigenvalue weighted by atomic mass is 10.1. The summed E-state index contributed by atoms with van der Waals surface area (Å²) >= 11 is 0. The molecule has 0 bridgehead atoms. The molecule has 0 aliphatic carbocycles. The predicted octanol–water partition coefficient (Wildman–Crippen LogP) is 0.991. The number of anilines is 1. The SMILES string of the molecule is NCc1cccc(NC(=O)N2CCC(CO)C2)c1. The summed E-state index contributed by atoms with van der Waals surface area (Å²) in [5.74, 6) is 0.214. The smallest absolute Gasteiger partial charge is 0.321 e. The zero-order valence-electron chi connectivity index (χ0n) is 10.3. The Labute approximate surface area is 107 Å². The highest BCUT2D eigenvalue weighted by atomic mass is 16.3. The van der Waals surface area contributed by atoms with Gasteiger partial charge in [-0.1, -0.05) is 12.1 Å². The molecule has 1 atom stereocenters. The Bertz CT molecular complexity index is 422. The third-order valence-corrected chi connectivity index (χ3v) is 3.25. The molecule has 1 aliphatic rings. The molecule has 4 N–H and O–H groups in total. The fourth-order valence-corrected chi connectivity index (χ4v) is 2.14. The minimum absolute atomic E-state index is 0.111. The van der Waals surface area contributed by atoms with Crippen molar-refractivity contribution in [2.45, 2.75) is 13.0 Å². The van der Waals surface area contributed by atoms with Crippen molar-refractivity contribution in [3.63, 3.8) is 0 Å². The van der Waals surface area contributed by atoms with E-state index in [1.54, 1.807) is 4.90 Å². The van der Waals surface area contributed by atoms with Gasteiger partial charge in [-0.25, -0.2) is 4.79 Å². The Morgan fingerprint density at radius 2 is 2.39 bits per heavy atom. The quantitative estimate of drug-likeness (QED) is 0.747. The summed E-state index contributed by atoms with van der Waals surface area (Å²) in [7, 11) is 0. The maximum Gasteiger partial charge on any atom is 0.321 e. The lowest BCUT2D eigenvalue weighted by Gasteiger charge is -2.17. The molecule has 0 spiro atoms. The number of benzene rings is 1. The summed E-state index contributed by atoms with van der Waals surface area (Å²) in [6, 6.07) is 7.40. The maximum absolute atomic E-state index is 12.0. The van der Waals surface area contributed by atoms with Gasteiger partial charge in [0.25, 0.3) is 0 Å². The molecule has 5 heteroatoms. The van der Waals surface area contributed by atoms with Crippen LogP contribution in [0.15, 0.2) is 24.3 Å². The molecular weight excluding hydrogens is 230 g/mol. The summed E-state index contributed by atoms with van der Waals surface area (Å²) in [5, 5.41) is 11.9. The van der Waals surface area contributed by atoms with Crippen LogP contribution in [-0.2, 0) is 6.54 Å².